The van der Waals surface area contributed by atoms with Crippen LogP contribution < -0.4 is 4.74 Å². The maximum atomic E-state index is 6.69. The summed E-state index contributed by atoms with van der Waals surface area (Å²) in [5, 5.41) is 3.38. The van der Waals surface area contributed by atoms with E-state index in [4.69, 9.17) is 16.3 Å². The zero-order chi connectivity index (χ0) is 16.4. The van der Waals surface area contributed by atoms with E-state index in [2.05, 4.69) is 39.0 Å². The van der Waals surface area contributed by atoms with Gasteiger partial charge in [-0.1, -0.05) is 25.4 Å². The first kappa shape index (κ1) is 15.3. The van der Waals surface area contributed by atoms with Crippen molar-refractivity contribution in [2.24, 2.45) is 11.3 Å². The molecule has 0 unspecified atom stereocenters. The molecule has 2 aliphatic rings. The Kier molecular flexibility index (Phi) is 3.43. The van der Waals surface area contributed by atoms with Crippen LogP contribution in [0.3, 0.4) is 0 Å². The molecule has 0 heterocycles. The molecule has 122 valence electrons. The molecule has 0 spiro atoms. The summed E-state index contributed by atoms with van der Waals surface area (Å²) in [4.78, 5) is 0. The monoisotopic (exact) mass is 328 g/mol. The lowest BCUT2D eigenvalue weighted by Gasteiger charge is -2.38. The Hall–Kier alpha value is -1.21. The Bertz CT molecular complexity index is 794. The maximum absolute atomic E-state index is 6.69. The minimum atomic E-state index is 0.457. The highest BCUT2D eigenvalue weighted by atomic mass is 35.5. The Morgan fingerprint density at radius 2 is 2.00 bits per heavy atom. The van der Waals surface area contributed by atoms with Gasteiger partial charge in [0.25, 0.3) is 0 Å². The van der Waals surface area contributed by atoms with Crippen LogP contribution in [0.5, 0.6) is 5.75 Å². The number of methoxy groups -OCH3 is 1. The van der Waals surface area contributed by atoms with E-state index in [1.807, 2.05) is 0 Å². The average molecular weight is 329 g/mol. The molecule has 2 aromatic carbocycles. The average Bonchev–Trinajstić information content (AvgIpc) is 2.82. The van der Waals surface area contributed by atoms with Gasteiger partial charge in [0.15, 0.2) is 0 Å². The van der Waals surface area contributed by atoms with Gasteiger partial charge in [-0.25, -0.2) is 0 Å². The fourth-order valence-electron chi connectivity index (χ4n) is 5.30. The second-order valence-corrected chi connectivity index (χ2v) is 8.45. The van der Waals surface area contributed by atoms with E-state index in [9.17, 15) is 0 Å². The lowest BCUT2D eigenvalue weighted by molar-refractivity contribution is 0.248. The van der Waals surface area contributed by atoms with Gasteiger partial charge in [0.2, 0.25) is 0 Å². The van der Waals surface area contributed by atoms with Gasteiger partial charge in [0, 0.05) is 10.4 Å². The molecule has 1 nitrogen and oxygen atoms in total. The Morgan fingerprint density at radius 3 is 2.74 bits per heavy atom. The summed E-state index contributed by atoms with van der Waals surface area (Å²) in [6.45, 7) is 6.97. The molecule has 0 aromatic heterocycles. The number of ether oxygens (including phenoxy) is 1. The van der Waals surface area contributed by atoms with Gasteiger partial charge in [0.1, 0.15) is 5.75 Å². The molecule has 1 fully saturated rings. The van der Waals surface area contributed by atoms with E-state index in [0.717, 1.165) is 28.7 Å². The van der Waals surface area contributed by atoms with E-state index in [1.54, 1.807) is 7.11 Å². The van der Waals surface area contributed by atoms with Crippen LogP contribution in [0.15, 0.2) is 18.2 Å². The van der Waals surface area contributed by atoms with Gasteiger partial charge in [-0.2, -0.15) is 0 Å². The molecule has 23 heavy (non-hydrogen) atoms. The maximum Gasteiger partial charge on any atom is 0.122 e. The number of rotatable bonds is 1. The van der Waals surface area contributed by atoms with Crippen LogP contribution in [0.2, 0.25) is 5.02 Å². The van der Waals surface area contributed by atoms with Crippen LogP contribution >= 0.6 is 11.6 Å². The predicted octanol–water partition coefficient (Wildman–Crippen LogP) is 6.28. The van der Waals surface area contributed by atoms with Crippen molar-refractivity contribution in [3.63, 3.8) is 0 Å². The summed E-state index contributed by atoms with van der Waals surface area (Å²) in [5.74, 6) is 2.45. The molecule has 0 amide bonds. The minimum absolute atomic E-state index is 0.457. The number of hydrogen-bond donors (Lipinski definition) is 0. The Morgan fingerprint density at radius 1 is 1.22 bits per heavy atom. The van der Waals surface area contributed by atoms with Crippen LogP contribution in [0.4, 0.5) is 0 Å². The first-order valence-electron chi connectivity index (χ1n) is 8.72. The van der Waals surface area contributed by atoms with Crippen LogP contribution in [0.1, 0.15) is 55.7 Å². The molecule has 0 N–H and O–H groups in total. The van der Waals surface area contributed by atoms with Crippen molar-refractivity contribution >= 4 is 22.4 Å². The summed E-state index contributed by atoms with van der Waals surface area (Å²) in [7, 11) is 1.75. The van der Waals surface area contributed by atoms with Crippen LogP contribution in [-0.2, 0) is 6.42 Å². The molecule has 0 saturated heterocycles. The van der Waals surface area contributed by atoms with Crippen LogP contribution in [-0.4, -0.2) is 7.11 Å². The molecule has 0 aliphatic heterocycles. The minimum Gasteiger partial charge on any atom is -0.496 e. The zero-order valence-electron chi connectivity index (χ0n) is 14.5. The van der Waals surface area contributed by atoms with E-state index >= 15 is 0 Å². The number of hydrogen-bond acceptors (Lipinski definition) is 1. The standard InChI is InChI=1S/C21H25ClO/c1-12-7-18-16-9-19(22)17-8-13(2)20(23-4)10-15(17)14(16)5-6-21(18,3)11-12/h8-10,12,18H,5-7,11H2,1-4H3/t12-,18+,21-/m0/s1. The van der Waals surface area contributed by atoms with Crippen molar-refractivity contribution in [1.29, 1.82) is 0 Å². The normalized spacial score (nSPS) is 29.4. The summed E-state index contributed by atoms with van der Waals surface area (Å²) < 4.78 is 5.56. The Balaban J connectivity index is 1.98. The highest BCUT2D eigenvalue weighted by Gasteiger charge is 2.46. The van der Waals surface area contributed by atoms with Crippen LogP contribution in [0.25, 0.3) is 10.8 Å². The molecule has 0 bridgehead atoms. The van der Waals surface area contributed by atoms with Crippen molar-refractivity contribution in [1.82, 2.24) is 0 Å². The van der Waals surface area contributed by atoms with Crippen molar-refractivity contribution in [3.05, 3.63) is 39.9 Å². The third-order valence-electron chi connectivity index (χ3n) is 6.36. The third kappa shape index (κ3) is 2.20. The molecule has 4 rings (SSSR count). The van der Waals surface area contributed by atoms with Gasteiger partial charge >= 0.3 is 0 Å². The van der Waals surface area contributed by atoms with E-state index in [-0.39, 0.29) is 0 Å². The topological polar surface area (TPSA) is 9.23 Å². The first-order chi connectivity index (χ1) is 10.9. The first-order valence-corrected chi connectivity index (χ1v) is 9.10. The molecule has 1 saturated carbocycles. The quantitative estimate of drug-likeness (QED) is 0.599. The van der Waals surface area contributed by atoms with Crippen molar-refractivity contribution in [2.45, 2.75) is 52.4 Å². The number of fused-ring (bicyclic) bond motifs is 5. The lowest BCUT2D eigenvalue weighted by atomic mass is 9.66. The van der Waals surface area contributed by atoms with Gasteiger partial charge in [-0.15, -0.1) is 0 Å². The summed E-state index contributed by atoms with van der Waals surface area (Å²) in [6, 6.07) is 6.66. The van der Waals surface area contributed by atoms with E-state index in [1.165, 1.54) is 41.2 Å². The fourth-order valence-corrected chi connectivity index (χ4v) is 5.57. The van der Waals surface area contributed by atoms with E-state index < -0.39 is 0 Å². The SMILES string of the molecule is COc1cc2c3c(cc(Cl)c2cc1C)[C@H]1C[C@H](C)C[C@]1(C)CC3. The van der Waals surface area contributed by atoms with Crippen molar-refractivity contribution in [3.8, 4) is 5.75 Å². The summed E-state index contributed by atoms with van der Waals surface area (Å²) in [5.41, 5.74) is 4.63. The number of aryl methyl sites for hydroxylation is 2. The van der Waals surface area contributed by atoms with Crippen molar-refractivity contribution < 1.29 is 4.74 Å². The molecule has 2 aromatic rings. The fraction of sp³-hybridized carbons (Fsp3) is 0.524. The lowest BCUT2D eigenvalue weighted by Crippen LogP contribution is -2.26. The van der Waals surface area contributed by atoms with Crippen molar-refractivity contribution in [2.75, 3.05) is 7.11 Å². The summed E-state index contributed by atoms with van der Waals surface area (Å²) >= 11 is 6.69. The van der Waals surface area contributed by atoms with Gasteiger partial charge in [-0.3, -0.25) is 0 Å². The summed E-state index contributed by atoms with van der Waals surface area (Å²) in [6.07, 6.45) is 5.11. The highest BCUT2D eigenvalue weighted by Crippen LogP contribution is 2.58. The molecule has 0 radical (unpaired) electrons. The number of halogens is 1. The highest BCUT2D eigenvalue weighted by molar-refractivity contribution is 6.35. The van der Waals surface area contributed by atoms with Gasteiger partial charge < -0.3 is 4.74 Å². The smallest absolute Gasteiger partial charge is 0.122 e. The number of benzene rings is 2. The molecule has 2 heteroatoms. The Labute approximate surface area is 144 Å². The molecule has 3 atom stereocenters. The van der Waals surface area contributed by atoms with Gasteiger partial charge in [0.05, 0.1) is 7.11 Å². The molecule has 2 aliphatic carbocycles. The zero-order valence-corrected chi connectivity index (χ0v) is 15.3. The second-order valence-electron chi connectivity index (χ2n) is 8.05. The molecular formula is C21H25ClO. The largest absolute Gasteiger partial charge is 0.496 e. The molecular weight excluding hydrogens is 304 g/mol. The van der Waals surface area contributed by atoms with E-state index in [0.29, 0.717) is 11.3 Å². The van der Waals surface area contributed by atoms with Crippen LogP contribution in [0, 0.1) is 18.3 Å². The second kappa shape index (κ2) is 5.14. The third-order valence-corrected chi connectivity index (χ3v) is 6.68. The predicted molar refractivity (Wildman–Crippen MR) is 97.8 cm³/mol. The van der Waals surface area contributed by atoms with Gasteiger partial charge in [-0.05, 0) is 90.1 Å².